The number of hydrogen-bond acceptors (Lipinski definition) is 3. The molecule has 0 aliphatic heterocycles. The van der Waals surface area contributed by atoms with E-state index in [9.17, 15) is 14.0 Å². The summed E-state index contributed by atoms with van der Waals surface area (Å²) in [7, 11) is 0. The Kier molecular flexibility index (Phi) is 9.69. The number of nitrogens with zero attached hydrogens (tertiary/aromatic N) is 1. The molecule has 5 nitrogen and oxygen atoms in total. The molecule has 174 valence electrons. The molecule has 32 heavy (non-hydrogen) atoms. The third-order valence-corrected chi connectivity index (χ3v) is 6.36. The van der Waals surface area contributed by atoms with E-state index in [0.717, 1.165) is 21.2 Å². The van der Waals surface area contributed by atoms with Gasteiger partial charge in [0.25, 0.3) is 5.91 Å². The summed E-state index contributed by atoms with van der Waals surface area (Å²) < 4.78 is 20.1. The molecule has 1 atom stereocenters. The van der Waals surface area contributed by atoms with Crippen LogP contribution in [0.2, 0.25) is 0 Å². The number of ether oxygens (including phenoxy) is 1. The maximum absolute atomic E-state index is 13.3. The van der Waals surface area contributed by atoms with Crippen LogP contribution in [0.1, 0.15) is 43.9 Å². The third-order valence-electron chi connectivity index (χ3n) is 5.11. The van der Waals surface area contributed by atoms with Gasteiger partial charge < -0.3 is 15.0 Å². The zero-order chi connectivity index (χ0) is 23.8. The summed E-state index contributed by atoms with van der Waals surface area (Å²) >= 11 is 3.53. The van der Waals surface area contributed by atoms with E-state index in [1.165, 1.54) is 17.0 Å². The van der Waals surface area contributed by atoms with Crippen LogP contribution in [0, 0.1) is 25.6 Å². The normalized spacial score (nSPS) is 11.9. The Morgan fingerprint density at radius 2 is 1.72 bits per heavy atom. The summed E-state index contributed by atoms with van der Waals surface area (Å²) in [5.74, 6) is 0.0317. The highest BCUT2D eigenvalue weighted by Gasteiger charge is 2.29. The molecule has 0 saturated heterocycles. The Bertz CT molecular complexity index is 908. The summed E-state index contributed by atoms with van der Waals surface area (Å²) in [6, 6.07) is 9.02. The maximum Gasteiger partial charge on any atom is 0.261 e. The van der Waals surface area contributed by atoms with E-state index in [2.05, 4.69) is 21.2 Å². The highest BCUT2D eigenvalue weighted by Crippen LogP contribution is 2.26. The fraction of sp³-hybridized carbons (Fsp3) is 0.440. The highest BCUT2D eigenvalue weighted by molar-refractivity contribution is 9.10. The van der Waals surface area contributed by atoms with Crippen LogP contribution in [0.4, 0.5) is 4.39 Å². The van der Waals surface area contributed by atoms with E-state index in [4.69, 9.17) is 4.74 Å². The molecule has 2 aromatic rings. The van der Waals surface area contributed by atoms with E-state index < -0.39 is 6.04 Å². The van der Waals surface area contributed by atoms with Crippen molar-refractivity contribution in [2.75, 3.05) is 13.2 Å². The summed E-state index contributed by atoms with van der Waals surface area (Å²) in [5, 5.41) is 2.92. The summed E-state index contributed by atoms with van der Waals surface area (Å²) in [6.07, 6.45) is 0.452. The molecular formula is C25H32BrFN2O3. The van der Waals surface area contributed by atoms with Crippen LogP contribution in [0.5, 0.6) is 5.75 Å². The van der Waals surface area contributed by atoms with Gasteiger partial charge in [-0.15, -0.1) is 0 Å². The number of rotatable bonds is 10. The highest BCUT2D eigenvalue weighted by atomic mass is 79.9. The quantitative estimate of drug-likeness (QED) is 0.483. The second-order valence-electron chi connectivity index (χ2n) is 8.37. The molecule has 0 bridgehead atoms. The molecule has 2 aromatic carbocycles. The average Bonchev–Trinajstić information content (AvgIpc) is 2.75. The lowest BCUT2D eigenvalue weighted by atomic mass is 10.1. The third kappa shape index (κ3) is 7.33. The van der Waals surface area contributed by atoms with Crippen molar-refractivity contribution in [3.63, 3.8) is 0 Å². The molecular weight excluding hydrogens is 475 g/mol. The van der Waals surface area contributed by atoms with Crippen LogP contribution in [0.3, 0.4) is 0 Å². The fourth-order valence-corrected chi connectivity index (χ4v) is 3.57. The molecule has 0 heterocycles. The number of benzene rings is 2. The zero-order valence-electron chi connectivity index (χ0n) is 19.4. The van der Waals surface area contributed by atoms with E-state index in [-0.39, 0.29) is 30.8 Å². The second-order valence-corrected chi connectivity index (χ2v) is 9.16. The van der Waals surface area contributed by atoms with Crippen molar-refractivity contribution < 1.29 is 18.7 Å². The van der Waals surface area contributed by atoms with Crippen molar-refractivity contribution in [1.82, 2.24) is 10.2 Å². The van der Waals surface area contributed by atoms with Gasteiger partial charge in [0.2, 0.25) is 5.91 Å². The Balaban J connectivity index is 2.22. The fourth-order valence-electron chi connectivity index (χ4n) is 3.35. The van der Waals surface area contributed by atoms with Gasteiger partial charge in [0.05, 0.1) is 0 Å². The first-order valence-electron chi connectivity index (χ1n) is 10.8. The standard InChI is InChI=1S/C25H32BrFN2O3/c1-6-22(25(31)28-13-16(2)3)29(14-19-7-9-20(27)10-8-19)23(30)15-32-21-11-17(4)24(26)18(5)12-21/h7-12,16,22H,6,13-15H2,1-5H3,(H,28,31)/t22-/m0/s1. The lowest BCUT2D eigenvalue weighted by Gasteiger charge is -2.31. The van der Waals surface area contributed by atoms with E-state index >= 15 is 0 Å². The first-order chi connectivity index (χ1) is 15.1. The molecule has 0 fully saturated rings. The molecule has 2 rings (SSSR count). The van der Waals surface area contributed by atoms with Gasteiger partial charge in [0, 0.05) is 17.6 Å². The number of carbonyl (C=O) groups excluding carboxylic acids is 2. The molecule has 2 amide bonds. The Hall–Kier alpha value is -2.41. The van der Waals surface area contributed by atoms with Gasteiger partial charge in [0.1, 0.15) is 17.6 Å². The van der Waals surface area contributed by atoms with Crippen LogP contribution >= 0.6 is 15.9 Å². The smallest absolute Gasteiger partial charge is 0.261 e. The largest absolute Gasteiger partial charge is 0.484 e. The number of amides is 2. The number of halogens is 2. The van der Waals surface area contributed by atoms with Gasteiger partial charge in [-0.3, -0.25) is 9.59 Å². The molecule has 7 heteroatoms. The summed E-state index contributed by atoms with van der Waals surface area (Å²) in [4.78, 5) is 27.6. The van der Waals surface area contributed by atoms with E-state index in [0.29, 0.717) is 24.6 Å². The number of hydrogen-bond donors (Lipinski definition) is 1. The molecule has 0 unspecified atom stereocenters. The maximum atomic E-state index is 13.3. The molecule has 0 aliphatic carbocycles. The Morgan fingerprint density at radius 3 is 2.25 bits per heavy atom. The van der Waals surface area contributed by atoms with Gasteiger partial charge in [-0.25, -0.2) is 4.39 Å². The number of nitrogens with one attached hydrogen (secondary N) is 1. The molecule has 0 saturated carbocycles. The van der Waals surface area contributed by atoms with E-state index in [1.807, 2.05) is 46.8 Å². The lowest BCUT2D eigenvalue weighted by Crippen LogP contribution is -2.50. The number of carbonyl (C=O) groups is 2. The minimum absolute atomic E-state index is 0.189. The summed E-state index contributed by atoms with van der Waals surface area (Å²) in [6.45, 7) is 10.3. The Morgan fingerprint density at radius 1 is 1.12 bits per heavy atom. The molecule has 0 aliphatic rings. The van der Waals surface area contributed by atoms with Crippen molar-refractivity contribution >= 4 is 27.7 Å². The average molecular weight is 507 g/mol. The van der Waals surface area contributed by atoms with Crippen molar-refractivity contribution in [2.24, 2.45) is 5.92 Å². The van der Waals surface area contributed by atoms with Crippen LogP contribution in [-0.4, -0.2) is 35.9 Å². The predicted octanol–water partition coefficient (Wildman–Crippen LogP) is 5.16. The first-order valence-corrected chi connectivity index (χ1v) is 11.6. The minimum Gasteiger partial charge on any atom is -0.484 e. The van der Waals surface area contributed by atoms with Gasteiger partial charge in [-0.1, -0.05) is 48.8 Å². The van der Waals surface area contributed by atoms with Gasteiger partial charge in [0.15, 0.2) is 6.61 Å². The second kappa shape index (κ2) is 12.0. The lowest BCUT2D eigenvalue weighted by molar-refractivity contribution is -0.143. The van der Waals surface area contributed by atoms with Crippen molar-refractivity contribution in [1.29, 1.82) is 0 Å². The van der Waals surface area contributed by atoms with Crippen molar-refractivity contribution in [3.8, 4) is 5.75 Å². The topological polar surface area (TPSA) is 58.6 Å². The minimum atomic E-state index is -0.650. The zero-order valence-corrected chi connectivity index (χ0v) is 21.0. The Labute approximate surface area is 198 Å². The van der Waals surface area contributed by atoms with Crippen molar-refractivity contribution in [2.45, 2.75) is 53.6 Å². The summed E-state index contributed by atoms with van der Waals surface area (Å²) in [5.41, 5.74) is 2.76. The predicted molar refractivity (Wildman–Crippen MR) is 128 cm³/mol. The van der Waals surface area contributed by atoms with Crippen LogP contribution in [-0.2, 0) is 16.1 Å². The molecule has 0 aromatic heterocycles. The van der Waals surface area contributed by atoms with Crippen LogP contribution in [0.15, 0.2) is 40.9 Å². The van der Waals surface area contributed by atoms with E-state index in [1.54, 1.807) is 12.1 Å². The van der Waals surface area contributed by atoms with Crippen LogP contribution in [0.25, 0.3) is 0 Å². The van der Waals surface area contributed by atoms with Gasteiger partial charge in [-0.05, 0) is 67.1 Å². The molecule has 1 N–H and O–H groups in total. The first kappa shape index (κ1) is 25.8. The molecule has 0 radical (unpaired) electrons. The van der Waals surface area contributed by atoms with Gasteiger partial charge in [-0.2, -0.15) is 0 Å². The van der Waals surface area contributed by atoms with Crippen LogP contribution < -0.4 is 10.1 Å². The van der Waals surface area contributed by atoms with Gasteiger partial charge >= 0.3 is 0 Å². The molecule has 0 spiro atoms. The number of aryl methyl sites for hydroxylation is 2. The SMILES string of the molecule is CC[C@@H](C(=O)NCC(C)C)N(Cc1ccc(F)cc1)C(=O)COc1cc(C)c(Br)c(C)c1. The van der Waals surface area contributed by atoms with Crippen molar-refractivity contribution in [3.05, 3.63) is 63.4 Å². The monoisotopic (exact) mass is 506 g/mol.